The van der Waals surface area contributed by atoms with Crippen molar-refractivity contribution in [2.75, 3.05) is 0 Å². The largest absolute Gasteiger partial charge is 0.504 e. The summed E-state index contributed by atoms with van der Waals surface area (Å²) in [5, 5.41) is 10.7. The standard InChI is InChI=1S/C21H18O3/c22-20-17(13-14-7-3-1-4-8-14)24-21(23)19(20)18(16-11-12-16)15-9-5-2-6-10-15/h1-10,13,16,18,22H,11-12H2. The Morgan fingerprint density at radius 1 is 1.00 bits per heavy atom. The lowest BCUT2D eigenvalue weighted by Gasteiger charge is -2.16. The summed E-state index contributed by atoms with van der Waals surface area (Å²) in [7, 11) is 0. The summed E-state index contributed by atoms with van der Waals surface area (Å²) in [6.45, 7) is 0. The maximum atomic E-state index is 12.5. The highest BCUT2D eigenvalue weighted by Gasteiger charge is 2.43. The Labute approximate surface area is 140 Å². The van der Waals surface area contributed by atoms with Crippen LogP contribution in [0.1, 0.15) is 29.9 Å². The number of carbonyl (C=O) groups excluding carboxylic acids is 1. The summed E-state index contributed by atoms with van der Waals surface area (Å²) < 4.78 is 5.37. The molecule has 2 aromatic rings. The Bertz CT molecular complexity index is 815. The quantitative estimate of drug-likeness (QED) is 0.839. The Balaban J connectivity index is 1.75. The molecule has 0 bridgehead atoms. The zero-order chi connectivity index (χ0) is 16.5. The van der Waals surface area contributed by atoms with Crippen LogP contribution in [0.25, 0.3) is 6.08 Å². The van der Waals surface area contributed by atoms with E-state index in [2.05, 4.69) is 0 Å². The number of carbonyl (C=O) groups is 1. The second-order valence-corrected chi connectivity index (χ2v) is 6.30. The Hall–Kier alpha value is -2.81. The molecule has 1 atom stereocenters. The molecule has 1 saturated carbocycles. The second kappa shape index (κ2) is 6.00. The highest BCUT2D eigenvalue weighted by atomic mass is 16.6. The molecule has 120 valence electrons. The lowest BCUT2D eigenvalue weighted by Crippen LogP contribution is -2.12. The third-order valence-corrected chi connectivity index (χ3v) is 4.57. The van der Waals surface area contributed by atoms with Gasteiger partial charge in [0.15, 0.2) is 11.5 Å². The van der Waals surface area contributed by atoms with Crippen LogP contribution >= 0.6 is 0 Å². The van der Waals surface area contributed by atoms with E-state index >= 15 is 0 Å². The van der Waals surface area contributed by atoms with Gasteiger partial charge in [-0.05, 0) is 36.0 Å². The van der Waals surface area contributed by atoms with Crippen LogP contribution in [0, 0.1) is 5.92 Å². The lowest BCUT2D eigenvalue weighted by molar-refractivity contribution is -0.133. The third kappa shape index (κ3) is 2.73. The molecule has 1 N–H and O–H groups in total. The fourth-order valence-corrected chi connectivity index (χ4v) is 3.27. The van der Waals surface area contributed by atoms with Crippen LogP contribution < -0.4 is 0 Å². The summed E-state index contributed by atoms with van der Waals surface area (Å²) >= 11 is 0. The first-order valence-electron chi connectivity index (χ1n) is 8.21. The third-order valence-electron chi connectivity index (χ3n) is 4.57. The van der Waals surface area contributed by atoms with E-state index in [1.54, 1.807) is 6.08 Å². The van der Waals surface area contributed by atoms with Gasteiger partial charge in [-0.1, -0.05) is 60.7 Å². The van der Waals surface area contributed by atoms with Gasteiger partial charge in [-0.15, -0.1) is 0 Å². The summed E-state index contributed by atoms with van der Waals surface area (Å²) in [6, 6.07) is 19.4. The van der Waals surface area contributed by atoms with Gasteiger partial charge in [0.1, 0.15) is 0 Å². The van der Waals surface area contributed by atoms with Crippen LogP contribution in [0.15, 0.2) is 77.8 Å². The van der Waals surface area contributed by atoms with Gasteiger partial charge in [0.2, 0.25) is 0 Å². The van der Waals surface area contributed by atoms with Crippen molar-refractivity contribution < 1.29 is 14.6 Å². The van der Waals surface area contributed by atoms with E-state index in [4.69, 9.17) is 4.74 Å². The van der Waals surface area contributed by atoms with Crippen molar-refractivity contribution in [3.63, 3.8) is 0 Å². The average molecular weight is 318 g/mol. The van der Waals surface area contributed by atoms with Crippen LogP contribution in [0.5, 0.6) is 0 Å². The molecule has 1 fully saturated rings. The molecule has 1 aliphatic heterocycles. The average Bonchev–Trinajstić information content (AvgIpc) is 3.40. The molecule has 2 aliphatic rings. The fraction of sp³-hybridized carbons (Fsp3) is 0.190. The number of hydrogen-bond acceptors (Lipinski definition) is 3. The molecule has 1 heterocycles. The molecule has 3 heteroatoms. The molecule has 3 nitrogen and oxygen atoms in total. The molecule has 0 aromatic heterocycles. The summed E-state index contributed by atoms with van der Waals surface area (Å²) in [6.07, 6.45) is 3.85. The van der Waals surface area contributed by atoms with Crippen molar-refractivity contribution in [2.24, 2.45) is 5.92 Å². The van der Waals surface area contributed by atoms with Crippen LogP contribution in [0.3, 0.4) is 0 Å². The maximum Gasteiger partial charge on any atom is 0.344 e. The Kier molecular flexibility index (Phi) is 3.69. The normalized spacial score (nSPS) is 20.3. The van der Waals surface area contributed by atoms with E-state index in [0.29, 0.717) is 11.5 Å². The van der Waals surface area contributed by atoms with Crippen molar-refractivity contribution in [2.45, 2.75) is 18.8 Å². The van der Waals surface area contributed by atoms with Gasteiger partial charge in [0.05, 0.1) is 5.57 Å². The van der Waals surface area contributed by atoms with Crippen LogP contribution in [0.2, 0.25) is 0 Å². The Morgan fingerprint density at radius 2 is 1.62 bits per heavy atom. The smallest absolute Gasteiger partial charge is 0.344 e. The number of ether oxygens (including phenoxy) is 1. The van der Waals surface area contributed by atoms with Crippen molar-refractivity contribution in [1.29, 1.82) is 0 Å². The molecule has 0 amide bonds. The zero-order valence-corrected chi connectivity index (χ0v) is 13.2. The number of hydrogen-bond donors (Lipinski definition) is 1. The summed E-state index contributed by atoms with van der Waals surface area (Å²) in [4.78, 5) is 12.5. The van der Waals surface area contributed by atoms with Crippen molar-refractivity contribution in [3.05, 3.63) is 88.9 Å². The first-order chi connectivity index (χ1) is 11.7. The Morgan fingerprint density at radius 3 is 2.25 bits per heavy atom. The SMILES string of the molecule is O=C1OC(=Cc2ccccc2)C(O)=C1C(c1ccccc1)C1CC1. The van der Waals surface area contributed by atoms with Gasteiger partial charge in [0, 0.05) is 5.92 Å². The van der Waals surface area contributed by atoms with E-state index in [9.17, 15) is 9.90 Å². The predicted molar refractivity (Wildman–Crippen MR) is 92.1 cm³/mol. The molecule has 0 radical (unpaired) electrons. The van der Waals surface area contributed by atoms with E-state index in [-0.39, 0.29) is 17.4 Å². The lowest BCUT2D eigenvalue weighted by atomic mass is 9.86. The number of aliphatic hydroxyl groups excluding tert-OH is 1. The highest BCUT2D eigenvalue weighted by molar-refractivity contribution is 5.96. The van der Waals surface area contributed by atoms with Gasteiger partial charge >= 0.3 is 5.97 Å². The minimum atomic E-state index is -0.435. The van der Waals surface area contributed by atoms with E-state index in [1.807, 2.05) is 60.7 Å². The van der Waals surface area contributed by atoms with E-state index < -0.39 is 5.97 Å². The number of cyclic esters (lactones) is 1. The number of rotatable bonds is 4. The second-order valence-electron chi connectivity index (χ2n) is 6.30. The van der Waals surface area contributed by atoms with Gasteiger partial charge in [0.25, 0.3) is 0 Å². The topological polar surface area (TPSA) is 46.5 Å². The first-order valence-corrected chi connectivity index (χ1v) is 8.21. The van der Waals surface area contributed by atoms with Crippen LogP contribution in [-0.2, 0) is 9.53 Å². The minimum absolute atomic E-state index is 0.0235. The number of benzene rings is 2. The van der Waals surface area contributed by atoms with Gasteiger partial charge in [-0.25, -0.2) is 4.79 Å². The molecule has 0 saturated heterocycles. The van der Waals surface area contributed by atoms with E-state index in [1.165, 1.54) is 0 Å². The van der Waals surface area contributed by atoms with E-state index in [0.717, 1.165) is 24.0 Å². The summed E-state index contributed by atoms with van der Waals surface area (Å²) in [5.74, 6) is 0.0800. The highest BCUT2D eigenvalue weighted by Crippen LogP contribution is 2.49. The molecule has 1 aliphatic carbocycles. The predicted octanol–water partition coefficient (Wildman–Crippen LogP) is 4.59. The van der Waals surface area contributed by atoms with Crippen molar-refractivity contribution in [1.82, 2.24) is 0 Å². The van der Waals surface area contributed by atoms with Crippen molar-refractivity contribution in [3.8, 4) is 0 Å². The zero-order valence-electron chi connectivity index (χ0n) is 13.2. The summed E-state index contributed by atoms with van der Waals surface area (Å²) in [5.41, 5.74) is 2.33. The molecule has 0 spiro atoms. The molecular weight excluding hydrogens is 300 g/mol. The van der Waals surface area contributed by atoms with Gasteiger partial charge < -0.3 is 9.84 Å². The monoisotopic (exact) mass is 318 g/mol. The minimum Gasteiger partial charge on any atom is -0.504 e. The molecule has 1 unspecified atom stereocenters. The molecule has 4 rings (SSSR count). The number of aliphatic hydroxyl groups is 1. The van der Waals surface area contributed by atoms with Crippen LogP contribution in [0.4, 0.5) is 0 Å². The first kappa shape index (κ1) is 14.8. The fourth-order valence-electron chi connectivity index (χ4n) is 3.27. The van der Waals surface area contributed by atoms with Crippen molar-refractivity contribution >= 4 is 12.0 Å². The molecule has 24 heavy (non-hydrogen) atoms. The van der Waals surface area contributed by atoms with Crippen LogP contribution in [-0.4, -0.2) is 11.1 Å². The number of esters is 1. The van der Waals surface area contributed by atoms with Gasteiger partial charge in [-0.3, -0.25) is 0 Å². The maximum absolute atomic E-state index is 12.5. The molecule has 2 aromatic carbocycles. The van der Waals surface area contributed by atoms with Gasteiger partial charge in [-0.2, -0.15) is 0 Å². The molecular formula is C21H18O3.